The number of amides is 2. The predicted octanol–water partition coefficient (Wildman–Crippen LogP) is 1.98. The van der Waals surface area contributed by atoms with Gasteiger partial charge in [0, 0.05) is 0 Å². The van der Waals surface area contributed by atoms with Crippen LogP contribution in [0.25, 0.3) is 0 Å². The van der Waals surface area contributed by atoms with Crippen LogP contribution in [0.2, 0.25) is 0 Å². The fourth-order valence-corrected chi connectivity index (χ4v) is 1.99. The number of carbonyl (C=O) groups excluding carboxylic acids is 2. The van der Waals surface area contributed by atoms with Crippen molar-refractivity contribution < 1.29 is 22.8 Å². The lowest BCUT2D eigenvalue weighted by molar-refractivity contribution is -0.160. The average Bonchev–Trinajstić information content (AvgIpc) is 2.80. The van der Waals surface area contributed by atoms with E-state index in [0.29, 0.717) is 10.6 Å². The summed E-state index contributed by atoms with van der Waals surface area (Å²) in [7, 11) is 0. The van der Waals surface area contributed by atoms with Gasteiger partial charge in [-0.05, 0) is 12.5 Å². The van der Waals surface area contributed by atoms with Crippen LogP contribution in [0.3, 0.4) is 0 Å². The summed E-state index contributed by atoms with van der Waals surface area (Å²) in [5.41, 5.74) is 2.58. The molecule has 4 nitrogen and oxygen atoms in total. The van der Waals surface area contributed by atoms with Crippen molar-refractivity contribution in [2.24, 2.45) is 0 Å². The zero-order valence-corrected chi connectivity index (χ0v) is 10.6. The maximum atomic E-state index is 12.5. The third kappa shape index (κ3) is 2.82. The summed E-state index contributed by atoms with van der Waals surface area (Å²) in [6.07, 6.45) is -5.31. The summed E-state index contributed by atoms with van der Waals surface area (Å²) in [6, 6.07) is 6.57. The zero-order valence-electron chi connectivity index (χ0n) is 10.6. The Balaban J connectivity index is 2.12. The number of hydrogen-bond acceptors (Lipinski definition) is 3. The number of rotatable bonds is 2. The van der Waals surface area contributed by atoms with Crippen LogP contribution in [-0.4, -0.2) is 29.0 Å². The van der Waals surface area contributed by atoms with Crippen molar-refractivity contribution in [1.82, 2.24) is 10.4 Å². The largest absolute Gasteiger partial charge is 0.406 e. The molecule has 0 spiro atoms. The number of halogens is 3. The molecule has 1 aromatic carbocycles. The van der Waals surface area contributed by atoms with Gasteiger partial charge in [0.1, 0.15) is 6.04 Å². The van der Waals surface area contributed by atoms with E-state index in [2.05, 4.69) is 0 Å². The molecule has 1 fully saturated rings. The Hall–Kier alpha value is -1.89. The first-order chi connectivity index (χ1) is 9.30. The van der Waals surface area contributed by atoms with Gasteiger partial charge < -0.3 is 0 Å². The maximum Gasteiger partial charge on any atom is 0.406 e. The van der Waals surface area contributed by atoms with Crippen molar-refractivity contribution in [2.45, 2.75) is 31.5 Å². The second kappa shape index (κ2) is 5.24. The summed E-state index contributed by atoms with van der Waals surface area (Å²) in [6.45, 7) is 1.55. The molecule has 2 rings (SSSR count). The Bertz CT molecular complexity index is 516. The molecule has 20 heavy (non-hydrogen) atoms. The molecule has 2 atom stereocenters. The molecule has 1 heterocycles. The molecule has 0 saturated carbocycles. The van der Waals surface area contributed by atoms with Crippen molar-refractivity contribution >= 4 is 11.8 Å². The summed E-state index contributed by atoms with van der Waals surface area (Å²) >= 11 is 0. The molecule has 7 heteroatoms. The van der Waals surface area contributed by atoms with Crippen LogP contribution in [0, 0.1) is 0 Å². The van der Waals surface area contributed by atoms with Gasteiger partial charge in [-0.1, -0.05) is 30.3 Å². The number of alkyl halides is 3. The summed E-state index contributed by atoms with van der Waals surface area (Å²) in [4.78, 5) is 23.7. The fraction of sp³-hybridized carbons (Fsp3) is 0.385. The topological polar surface area (TPSA) is 49.4 Å². The van der Waals surface area contributed by atoms with Crippen LogP contribution in [0.1, 0.15) is 24.8 Å². The lowest BCUT2D eigenvalue weighted by Crippen LogP contribution is -2.48. The van der Waals surface area contributed by atoms with Crippen LogP contribution in [-0.2, 0) is 9.59 Å². The van der Waals surface area contributed by atoms with E-state index in [4.69, 9.17) is 0 Å². The highest BCUT2D eigenvalue weighted by Crippen LogP contribution is 2.28. The SMILES string of the molecule is C[C@H](C(=O)N1N[C@@H](C(F)(F)F)CC1=O)c1ccccc1. The number of carbonyl (C=O) groups is 2. The highest BCUT2D eigenvalue weighted by atomic mass is 19.4. The van der Waals surface area contributed by atoms with Crippen LogP contribution < -0.4 is 5.43 Å². The van der Waals surface area contributed by atoms with Gasteiger partial charge in [-0.3, -0.25) is 9.59 Å². The molecule has 1 aliphatic heterocycles. The van der Waals surface area contributed by atoms with E-state index in [1.807, 2.05) is 5.43 Å². The molecule has 0 unspecified atom stereocenters. The molecule has 0 aromatic heterocycles. The van der Waals surface area contributed by atoms with Gasteiger partial charge in [-0.15, -0.1) is 0 Å². The van der Waals surface area contributed by atoms with Crippen molar-refractivity contribution in [3.63, 3.8) is 0 Å². The lowest BCUT2D eigenvalue weighted by Gasteiger charge is -2.21. The summed E-state index contributed by atoms with van der Waals surface area (Å²) in [5.74, 6) is -2.24. The normalized spacial score (nSPS) is 21.1. The number of nitrogens with one attached hydrogen (secondary N) is 1. The first-order valence-electron chi connectivity index (χ1n) is 6.05. The number of nitrogens with zero attached hydrogens (tertiary/aromatic N) is 1. The molecule has 0 radical (unpaired) electrons. The van der Waals surface area contributed by atoms with E-state index in [1.165, 1.54) is 0 Å². The van der Waals surface area contributed by atoms with E-state index < -0.39 is 36.4 Å². The highest BCUT2D eigenvalue weighted by molar-refractivity contribution is 5.99. The Labute approximate surface area is 113 Å². The Morgan fingerprint density at radius 1 is 1.35 bits per heavy atom. The zero-order chi connectivity index (χ0) is 14.9. The molecule has 0 bridgehead atoms. The van der Waals surface area contributed by atoms with E-state index in [-0.39, 0.29) is 0 Å². The molecule has 0 aliphatic carbocycles. The van der Waals surface area contributed by atoms with E-state index in [9.17, 15) is 22.8 Å². The van der Waals surface area contributed by atoms with Crippen LogP contribution >= 0.6 is 0 Å². The van der Waals surface area contributed by atoms with Gasteiger partial charge in [0.25, 0.3) is 5.91 Å². The van der Waals surface area contributed by atoms with E-state index in [1.54, 1.807) is 37.3 Å². The van der Waals surface area contributed by atoms with Crippen molar-refractivity contribution in [3.05, 3.63) is 35.9 Å². The second-order valence-corrected chi connectivity index (χ2v) is 4.63. The third-order valence-corrected chi connectivity index (χ3v) is 3.20. The van der Waals surface area contributed by atoms with Gasteiger partial charge >= 0.3 is 6.18 Å². The second-order valence-electron chi connectivity index (χ2n) is 4.63. The molecule has 1 aromatic rings. The van der Waals surface area contributed by atoms with Crippen LogP contribution in [0.15, 0.2) is 30.3 Å². The van der Waals surface area contributed by atoms with Gasteiger partial charge in [-0.25, -0.2) is 10.4 Å². The Kier molecular flexibility index (Phi) is 3.80. The van der Waals surface area contributed by atoms with Gasteiger partial charge in [-0.2, -0.15) is 13.2 Å². The van der Waals surface area contributed by atoms with Gasteiger partial charge in [0.15, 0.2) is 0 Å². The highest BCUT2D eigenvalue weighted by Gasteiger charge is 2.49. The minimum absolute atomic E-state index is 0.482. The number of hydrazine groups is 1. The number of imide groups is 1. The minimum atomic E-state index is -4.55. The summed E-state index contributed by atoms with van der Waals surface area (Å²) < 4.78 is 37.6. The molecule has 1 saturated heterocycles. The monoisotopic (exact) mass is 286 g/mol. The third-order valence-electron chi connectivity index (χ3n) is 3.20. The van der Waals surface area contributed by atoms with Crippen molar-refractivity contribution in [1.29, 1.82) is 0 Å². The predicted molar refractivity (Wildman–Crippen MR) is 64.3 cm³/mol. The Morgan fingerprint density at radius 2 is 1.95 bits per heavy atom. The smallest absolute Gasteiger partial charge is 0.273 e. The fourth-order valence-electron chi connectivity index (χ4n) is 1.99. The molecule has 1 aliphatic rings. The van der Waals surface area contributed by atoms with Crippen molar-refractivity contribution in [2.75, 3.05) is 0 Å². The molecule has 108 valence electrons. The quantitative estimate of drug-likeness (QED) is 0.904. The standard InChI is InChI=1S/C13H13F3N2O2/c1-8(9-5-3-2-4-6-9)12(20)18-11(19)7-10(17-18)13(14,15)16/h2-6,8,10,17H,7H2,1H3/t8-,10+/m0/s1. The lowest BCUT2D eigenvalue weighted by atomic mass is 10.0. The average molecular weight is 286 g/mol. The molecule has 2 amide bonds. The van der Waals surface area contributed by atoms with E-state index >= 15 is 0 Å². The van der Waals surface area contributed by atoms with Crippen LogP contribution in [0.4, 0.5) is 13.2 Å². The summed E-state index contributed by atoms with van der Waals surface area (Å²) in [5, 5.41) is 0.482. The first-order valence-corrected chi connectivity index (χ1v) is 6.05. The van der Waals surface area contributed by atoms with Crippen LogP contribution in [0.5, 0.6) is 0 Å². The van der Waals surface area contributed by atoms with Crippen molar-refractivity contribution in [3.8, 4) is 0 Å². The first kappa shape index (κ1) is 14.5. The Morgan fingerprint density at radius 3 is 2.45 bits per heavy atom. The van der Waals surface area contributed by atoms with Gasteiger partial charge in [0.2, 0.25) is 5.91 Å². The molecular weight excluding hydrogens is 273 g/mol. The molecule has 1 N–H and O–H groups in total. The maximum absolute atomic E-state index is 12.5. The number of benzene rings is 1. The van der Waals surface area contributed by atoms with Gasteiger partial charge in [0.05, 0.1) is 12.3 Å². The number of hydrogen-bond donors (Lipinski definition) is 1. The van der Waals surface area contributed by atoms with E-state index in [0.717, 1.165) is 0 Å². The minimum Gasteiger partial charge on any atom is -0.273 e. The molecular formula is C13H13F3N2O2.